The molecule has 0 aliphatic rings. The molecule has 0 aliphatic carbocycles. The van der Waals surface area contributed by atoms with Gasteiger partial charge in [0.25, 0.3) is 0 Å². The van der Waals surface area contributed by atoms with Gasteiger partial charge in [-0.15, -0.1) is 10.2 Å². The van der Waals surface area contributed by atoms with Crippen LogP contribution in [0.25, 0.3) is 11.4 Å². The normalized spacial score (nSPS) is 10.9. The van der Waals surface area contributed by atoms with Gasteiger partial charge < -0.3 is 4.57 Å². The van der Waals surface area contributed by atoms with Crippen LogP contribution in [0.5, 0.6) is 0 Å². The van der Waals surface area contributed by atoms with E-state index in [1.54, 1.807) is 11.8 Å². The van der Waals surface area contributed by atoms with Crippen LogP contribution in [-0.2, 0) is 12.3 Å². The maximum Gasteiger partial charge on any atom is 0.191 e. The third kappa shape index (κ3) is 3.85. The number of aryl methyl sites for hydroxylation is 1. The molecule has 0 amide bonds. The molecule has 1 aromatic heterocycles. The highest BCUT2D eigenvalue weighted by Gasteiger charge is 2.13. The summed E-state index contributed by atoms with van der Waals surface area (Å²) in [5.74, 6) is 1.81. The number of benzene rings is 2. The first kappa shape index (κ1) is 16.3. The maximum absolute atomic E-state index is 4.40. The molecule has 0 atom stereocenters. The molecule has 0 aliphatic heterocycles. The van der Waals surface area contributed by atoms with Gasteiger partial charge in [-0.05, 0) is 31.5 Å². The van der Waals surface area contributed by atoms with Crippen LogP contribution in [0.1, 0.15) is 18.1 Å². The Hall–Kier alpha value is -1.59. The summed E-state index contributed by atoms with van der Waals surface area (Å²) in [6.45, 7) is 5.08. The van der Waals surface area contributed by atoms with E-state index in [-0.39, 0.29) is 0 Å². The van der Waals surface area contributed by atoms with Crippen molar-refractivity contribution in [1.82, 2.24) is 14.8 Å². The molecule has 3 nitrogen and oxygen atoms in total. The van der Waals surface area contributed by atoms with E-state index >= 15 is 0 Å². The minimum absolute atomic E-state index is 0.858. The van der Waals surface area contributed by atoms with E-state index in [2.05, 4.69) is 87.0 Å². The summed E-state index contributed by atoms with van der Waals surface area (Å²) in [6, 6.07) is 16.8. The SMILES string of the molecule is CCn1c(SCc2cccc(Br)c2)nnc1-c1ccc(C)cc1. The third-order valence-corrected chi connectivity index (χ3v) is 5.13. The van der Waals surface area contributed by atoms with Crippen molar-refractivity contribution in [1.29, 1.82) is 0 Å². The summed E-state index contributed by atoms with van der Waals surface area (Å²) in [4.78, 5) is 0. The Kier molecular flexibility index (Phi) is 5.18. The summed E-state index contributed by atoms with van der Waals surface area (Å²) in [7, 11) is 0. The first-order chi connectivity index (χ1) is 11.2. The summed E-state index contributed by atoms with van der Waals surface area (Å²) in [6.07, 6.45) is 0. The molecule has 0 spiro atoms. The molecule has 0 saturated carbocycles. The molecule has 3 aromatic rings. The topological polar surface area (TPSA) is 30.7 Å². The van der Waals surface area contributed by atoms with Crippen LogP contribution in [0.15, 0.2) is 58.2 Å². The highest BCUT2D eigenvalue weighted by Crippen LogP contribution is 2.27. The summed E-state index contributed by atoms with van der Waals surface area (Å²) in [5, 5.41) is 9.75. The number of thioether (sulfide) groups is 1. The fourth-order valence-corrected chi connectivity index (χ4v) is 3.76. The Morgan fingerprint density at radius 1 is 1.09 bits per heavy atom. The number of hydrogen-bond acceptors (Lipinski definition) is 3. The fraction of sp³-hybridized carbons (Fsp3) is 0.222. The monoisotopic (exact) mass is 387 g/mol. The van der Waals surface area contributed by atoms with Crippen molar-refractivity contribution in [3.63, 3.8) is 0 Å². The van der Waals surface area contributed by atoms with E-state index in [1.807, 2.05) is 6.07 Å². The smallest absolute Gasteiger partial charge is 0.191 e. The quantitative estimate of drug-likeness (QED) is 0.554. The minimum Gasteiger partial charge on any atom is -0.302 e. The molecule has 0 radical (unpaired) electrons. The van der Waals surface area contributed by atoms with Crippen LogP contribution >= 0.6 is 27.7 Å². The Bertz CT molecular complexity index is 796. The van der Waals surface area contributed by atoms with Gasteiger partial charge in [0.05, 0.1) is 0 Å². The zero-order valence-corrected chi connectivity index (χ0v) is 15.6. The second-order valence-corrected chi connectivity index (χ2v) is 7.19. The van der Waals surface area contributed by atoms with Crippen LogP contribution in [-0.4, -0.2) is 14.8 Å². The average molecular weight is 388 g/mol. The minimum atomic E-state index is 0.858. The third-order valence-electron chi connectivity index (χ3n) is 3.60. The van der Waals surface area contributed by atoms with Gasteiger partial charge >= 0.3 is 0 Å². The lowest BCUT2D eigenvalue weighted by Gasteiger charge is -2.08. The molecule has 0 saturated heterocycles. The van der Waals surface area contributed by atoms with Gasteiger partial charge in [-0.3, -0.25) is 0 Å². The van der Waals surface area contributed by atoms with Crippen molar-refractivity contribution in [2.75, 3.05) is 0 Å². The first-order valence-electron chi connectivity index (χ1n) is 7.55. The van der Waals surface area contributed by atoms with Crippen molar-refractivity contribution >= 4 is 27.7 Å². The van der Waals surface area contributed by atoms with Crippen LogP contribution in [0.2, 0.25) is 0 Å². The van der Waals surface area contributed by atoms with E-state index < -0.39 is 0 Å². The predicted octanol–water partition coefficient (Wildman–Crippen LogP) is 5.33. The van der Waals surface area contributed by atoms with Crippen LogP contribution < -0.4 is 0 Å². The lowest BCUT2D eigenvalue weighted by Crippen LogP contribution is -1.99. The second kappa shape index (κ2) is 7.32. The molecule has 0 fully saturated rings. The predicted molar refractivity (Wildman–Crippen MR) is 99.6 cm³/mol. The number of aromatic nitrogens is 3. The van der Waals surface area contributed by atoms with E-state index in [1.165, 1.54) is 11.1 Å². The Morgan fingerprint density at radius 2 is 1.87 bits per heavy atom. The van der Waals surface area contributed by atoms with Gasteiger partial charge in [0.2, 0.25) is 0 Å². The molecule has 0 unspecified atom stereocenters. The Morgan fingerprint density at radius 3 is 2.57 bits per heavy atom. The maximum atomic E-state index is 4.40. The highest BCUT2D eigenvalue weighted by atomic mass is 79.9. The van der Waals surface area contributed by atoms with E-state index in [0.717, 1.165) is 33.3 Å². The summed E-state index contributed by atoms with van der Waals surface area (Å²) in [5.41, 5.74) is 3.63. The molecule has 118 valence electrons. The van der Waals surface area contributed by atoms with Gasteiger partial charge in [0.1, 0.15) is 0 Å². The molecule has 5 heteroatoms. The first-order valence-corrected chi connectivity index (χ1v) is 9.32. The largest absolute Gasteiger partial charge is 0.302 e. The van der Waals surface area contributed by atoms with Gasteiger partial charge in [0, 0.05) is 22.3 Å². The average Bonchev–Trinajstić information content (AvgIpc) is 2.96. The Balaban J connectivity index is 1.82. The van der Waals surface area contributed by atoms with Crippen LogP contribution in [0.4, 0.5) is 0 Å². The second-order valence-electron chi connectivity index (χ2n) is 5.34. The zero-order chi connectivity index (χ0) is 16.2. The molecule has 23 heavy (non-hydrogen) atoms. The number of hydrogen-bond donors (Lipinski definition) is 0. The van der Waals surface area contributed by atoms with E-state index in [9.17, 15) is 0 Å². The molecular weight excluding hydrogens is 370 g/mol. The molecule has 0 N–H and O–H groups in total. The lowest BCUT2D eigenvalue weighted by molar-refractivity contribution is 0.687. The molecule has 1 heterocycles. The molecular formula is C18H18BrN3S. The van der Waals surface area contributed by atoms with E-state index in [4.69, 9.17) is 0 Å². The molecule has 3 rings (SSSR count). The van der Waals surface area contributed by atoms with Gasteiger partial charge in [-0.25, -0.2) is 0 Å². The van der Waals surface area contributed by atoms with Gasteiger partial charge in [-0.1, -0.05) is 69.7 Å². The standard InChI is InChI=1S/C18H18BrN3S/c1-3-22-17(15-9-7-13(2)8-10-15)20-21-18(22)23-12-14-5-4-6-16(19)11-14/h4-11H,3,12H2,1-2H3. The van der Waals surface area contributed by atoms with Crippen LogP contribution in [0.3, 0.4) is 0 Å². The Labute approximate surface area is 149 Å². The molecule has 0 bridgehead atoms. The zero-order valence-electron chi connectivity index (χ0n) is 13.2. The number of halogens is 1. The van der Waals surface area contributed by atoms with Crippen molar-refractivity contribution in [2.45, 2.75) is 31.3 Å². The van der Waals surface area contributed by atoms with Crippen molar-refractivity contribution in [2.24, 2.45) is 0 Å². The number of rotatable bonds is 5. The van der Waals surface area contributed by atoms with Crippen LogP contribution in [0, 0.1) is 6.92 Å². The van der Waals surface area contributed by atoms with Crippen molar-refractivity contribution in [3.8, 4) is 11.4 Å². The summed E-state index contributed by atoms with van der Waals surface area (Å²) < 4.78 is 3.28. The fourth-order valence-electron chi connectivity index (χ4n) is 2.37. The highest BCUT2D eigenvalue weighted by molar-refractivity contribution is 9.10. The number of nitrogens with zero attached hydrogens (tertiary/aromatic N) is 3. The van der Waals surface area contributed by atoms with Gasteiger partial charge in [0.15, 0.2) is 11.0 Å². The van der Waals surface area contributed by atoms with Crippen molar-refractivity contribution in [3.05, 3.63) is 64.1 Å². The van der Waals surface area contributed by atoms with Gasteiger partial charge in [-0.2, -0.15) is 0 Å². The van der Waals surface area contributed by atoms with E-state index in [0.29, 0.717) is 0 Å². The summed E-state index contributed by atoms with van der Waals surface area (Å²) >= 11 is 5.24. The lowest BCUT2D eigenvalue weighted by atomic mass is 10.1. The molecule has 2 aromatic carbocycles. The van der Waals surface area contributed by atoms with Crippen molar-refractivity contribution < 1.29 is 0 Å².